The predicted molar refractivity (Wildman–Crippen MR) is 98.3 cm³/mol. The lowest BCUT2D eigenvalue weighted by Gasteiger charge is -2.11. The maximum Gasteiger partial charge on any atom is 0.282 e. The highest BCUT2D eigenvalue weighted by Crippen LogP contribution is 2.24. The van der Waals surface area contributed by atoms with Gasteiger partial charge in [-0.05, 0) is 49.9 Å². The number of carbonyl (C=O) groups is 1. The van der Waals surface area contributed by atoms with Crippen molar-refractivity contribution >= 4 is 23.4 Å². The van der Waals surface area contributed by atoms with Crippen molar-refractivity contribution in [1.29, 1.82) is 0 Å². The number of amides is 1. The number of hydrogen-bond donors (Lipinski definition) is 1. The van der Waals surface area contributed by atoms with Crippen LogP contribution in [0.25, 0.3) is 0 Å². The van der Waals surface area contributed by atoms with Crippen molar-refractivity contribution in [3.05, 3.63) is 63.7 Å². The molecule has 6 nitrogen and oxygen atoms in total. The third-order valence-electron chi connectivity index (χ3n) is 3.39. The zero-order chi connectivity index (χ0) is 18.4. The predicted octanol–water partition coefficient (Wildman–Crippen LogP) is 4.03. The maximum absolute atomic E-state index is 12.4. The van der Waals surface area contributed by atoms with Crippen LogP contribution < -0.4 is 10.1 Å². The van der Waals surface area contributed by atoms with Crippen molar-refractivity contribution in [1.82, 2.24) is 5.32 Å². The number of nitro groups is 1. The second-order valence-corrected chi connectivity index (χ2v) is 6.51. The number of carbonyl (C=O) groups excluding carboxylic acids is 1. The number of nitrogens with zero attached hydrogens (tertiary/aromatic N) is 1. The Morgan fingerprint density at radius 2 is 1.92 bits per heavy atom. The molecule has 1 amide bonds. The Morgan fingerprint density at radius 3 is 2.48 bits per heavy atom. The molecule has 0 bridgehead atoms. The normalized spacial score (nSPS) is 10.6. The lowest BCUT2D eigenvalue weighted by molar-refractivity contribution is -0.385. The summed E-state index contributed by atoms with van der Waals surface area (Å²) in [7, 11) is 0. The largest absolute Gasteiger partial charge is 0.491 e. The zero-order valence-corrected chi connectivity index (χ0v) is 15.1. The van der Waals surface area contributed by atoms with Gasteiger partial charge in [0.25, 0.3) is 11.6 Å². The molecule has 2 aromatic rings. The topological polar surface area (TPSA) is 81.5 Å². The summed E-state index contributed by atoms with van der Waals surface area (Å²) in [5.74, 6) is 0.290. The minimum absolute atomic E-state index is 0.0663. The third kappa shape index (κ3) is 5.22. The Balaban J connectivity index is 2.08. The van der Waals surface area contributed by atoms with E-state index in [4.69, 9.17) is 4.74 Å². The van der Waals surface area contributed by atoms with Crippen LogP contribution in [0.15, 0.2) is 47.4 Å². The van der Waals surface area contributed by atoms with E-state index in [1.165, 1.54) is 23.9 Å². The molecule has 0 unspecified atom stereocenters. The first-order valence-electron chi connectivity index (χ1n) is 7.77. The molecule has 0 aliphatic rings. The van der Waals surface area contributed by atoms with Crippen LogP contribution in [0, 0.1) is 10.1 Å². The fraction of sp³-hybridized carbons (Fsp3) is 0.278. The number of thioether (sulfide) groups is 1. The van der Waals surface area contributed by atoms with Crippen molar-refractivity contribution in [2.45, 2.75) is 31.4 Å². The lowest BCUT2D eigenvalue weighted by Crippen LogP contribution is -2.23. The number of nitrogens with one attached hydrogen (secondary N) is 1. The molecule has 0 aliphatic heterocycles. The van der Waals surface area contributed by atoms with Crippen LogP contribution in [0.4, 0.5) is 5.69 Å². The van der Waals surface area contributed by atoms with Crippen LogP contribution in [-0.4, -0.2) is 23.2 Å². The summed E-state index contributed by atoms with van der Waals surface area (Å²) in [6, 6.07) is 11.9. The average molecular weight is 360 g/mol. The summed E-state index contributed by atoms with van der Waals surface area (Å²) in [5.41, 5.74) is 0.751. The van der Waals surface area contributed by atoms with Gasteiger partial charge in [-0.1, -0.05) is 12.1 Å². The van der Waals surface area contributed by atoms with E-state index >= 15 is 0 Å². The quantitative estimate of drug-likeness (QED) is 0.458. The van der Waals surface area contributed by atoms with E-state index in [0.29, 0.717) is 0 Å². The second kappa shape index (κ2) is 8.53. The molecular formula is C18H20N2O4S. The molecule has 1 N–H and O–H groups in total. The first kappa shape index (κ1) is 18.8. The summed E-state index contributed by atoms with van der Waals surface area (Å²) >= 11 is 1.43. The monoisotopic (exact) mass is 360 g/mol. The second-order valence-electron chi connectivity index (χ2n) is 5.63. The number of rotatable bonds is 7. The average Bonchev–Trinajstić information content (AvgIpc) is 2.59. The first-order valence-corrected chi connectivity index (χ1v) is 8.99. The summed E-state index contributed by atoms with van der Waals surface area (Å²) in [5, 5.41) is 13.9. The molecule has 0 saturated carbocycles. The van der Waals surface area contributed by atoms with Crippen LogP contribution in [-0.2, 0) is 6.54 Å². The van der Waals surface area contributed by atoms with Crippen LogP contribution in [0.1, 0.15) is 29.8 Å². The van der Waals surface area contributed by atoms with Crippen molar-refractivity contribution < 1.29 is 14.5 Å². The van der Waals surface area contributed by atoms with Gasteiger partial charge in [0.05, 0.1) is 11.0 Å². The van der Waals surface area contributed by atoms with Crippen molar-refractivity contribution in [2.24, 2.45) is 0 Å². The molecule has 2 aromatic carbocycles. The van der Waals surface area contributed by atoms with Crippen molar-refractivity contribution in [3.8, 4) is 5.75 Å². The molecule has 25 heavy (non-hydrogen) atoms. The van der Waals surface area contributed by atoms with Gasteiger partial charge >= 0.3 is 0 Å². The first-order chi connectivity index (χ1) is 11.9. The van der Waals surface area contributed by atoms with Gasteiger partial charge in [0, 0.05) is 17.5 Å². The molecule has 2 rings (SSSR count). The van der Waals surface area contributed by atoms with Gasteiger partial charge in [-0.25, -0.2) is 0 Å². The minimum atomic E-state index is -0.545. The minimum Gasteiger partial charge on any atom is -0.491 e. The van der Waals surface area contributed by atoms with Crippen molar-refractivity contribution in [3.63, 3.8) is 0 Å². The van der Waals surface area contributed by atoms with Crippen LogP contribution in [0.2, 0.25) is 0 Å². The molecule has 0 radical (unpaired) electrons. The number of hydrogen-bond acceptors (Lipinski definition) is 5. The number of ether oxygens (including phenoxy) is 1. The molecule has 0 heterocycles. The fourth-order valence-corrected chi connectivity index (χ4v) is 2.66. The highest BCUT2D eigenvalue weighted by molar-refractivity contribution is 7.98. The number of nitro benzene ring substituents is 1. The lowest BCUT2D eigenvalue weighted by atomic mass is 10.1. The van der Waals surface area contributed by atoms with E-state index in [-0.39, 0.29) is 23.9 Å². The van der Waals surface area contributed by atoms with Crippen LogP contribution in [0.5, 0.6) is 5.75 Å². The SMILES string of the molecule is CSc1ccc([N+](=O)[O-])c(C(=O)NCc2ccc(OC(C)C)cc2)c1. The molecule has 0 aliphatic carbocycles. The number of benzene rings is 2. The Hall–Kier alpha value is -2.54. The summed E-state index contributed by atoms with van der Waals surface area (Å²) < 4.78 is 5.57. The van der Waals surface area contributed by atoms with Gasteiger partial charge < -0.3 is 10.1 Å². The smallest absolute Gasteiger partial charge is 0.282 e. The molecule has 0 fully saturated rings. The molecule has 0 saturated heterocycles. The van der Waals surface area contributed by atoms with E-state index in [2.05, 4.69) is 5.32 Å². The van der Waals surface area contributed by atoms with Crippen LogP contribution in [0.3, 0.4) is 0 Å². The molecule has 132 valence electrons. The van der Waals surface area contributed by atoms with Crippen LogP contribution >= 0.6 is 11.8 Å². The van der Waals surface area contributed by atoms with E-state index in [0.717, 1.165) is 16.2 Å². The van der Waals surface area contributed by atoms with Gasteiger partial charge in [-0.15, -0.1) is 11.8 Å². The molecule has 7 heteroatoms. The summed E-state index contributed by atoms with van der Waals surface area (Å²) in [6.07, 6.45) is 1.94. The molecule has 0 spiro atoms. The van der Waals surface area contributed by atoms with Gasteiger partial charge in [-0.2, -0.15) is 0 Å². The van der Waals surface area contributed by atoms with Crippen molar-refractivity contribution in [2.75, 3.05) is 6.26 Å². The van der Waals surface area contributed by atoms with Gasteiger partial charge in [0.1, 0.15) is 11.3 Å². The van der Waals surface area contributed by atoms with E-state index in [9.17, 15) is 14.9 Å². The fourth-order valence-electron chi connectivity index (χ4n) is 2.22. The van der Waals surface area contributed by atoms with Gasteiger partial charge in [-0.3, -0.25) is 14.9 Å². The highest BCUT2D eigenvalue weighted by Gasteiger charge is 2.20. The van der Waals surface area contributed by atoms with Gasteiger partial charge in [0.15, 0.2) is 0 Å². The Labute approximate surface area is 150 Å². The van der Waals surface area contributed by atoms with E-state index in [1.807, 2.05) is 44.4 Å². The van der Waals surface area contributed by atoms with E-state index in [1.54, 1.807) is 6.07 Å². The standard InChI is InChI=1S/C18H20N2O4S/c1-12(2)24-14-6-4-13(5-7-14)11-19-18(21)16-10-15(25-3)8-9-17(16)20(22)23/h4-10,12H,11H2,1-3H3,(H,19,21). The Kier molecular flexibility index (Phi) is 6.41. The zero-order valence-electron chi connectivity index (χ0n) is 14.3. The molecular weight excluding hydrogens is 340 g/mol. The van der Waals surface area contributed by atoms with Gasteiger partial charge in [0.2, 0.25) is 0 Å². The highest BCUT2D eigenvalue weighted by atomic mass is 32.2. The van der Waals surface area contributed by atoms with E-state index < -0.39 is 10.8 Å². The Morgan fingerprint density at radius 1 is 1.24 bits per heavy atom. The molecule has 0 atom stereocenters. The Bertz CT molecular complexity index is 760. The summed E-state index contributed by atoms with van der Waals surface area (Å²) in [4.78, 5) is 23.8. The maximum atomic E-state index is 12.4. The third-order valence-corrected chi connectivity index (χ3v) is 4.12. The summed E-state index contributed by atoms with van der Waals surface area (Å²) in [6.45, 7) is 4.18. The molecule has 0 aromatic heterocycles.